The third-order valence-electron chi connectivity index (χ3n) is 6.07. The molecule has 7 heteroatoms. The summed E-state index contributed by atoms with van der Waals surface area (Å²) in [6.07, 6.45) is 3.01. The Morgan fingerprint density at radius 2 is 1.71 bits per heavy atom. The number of H-pyrrole nitrogens is 1. The number of carboxylic acids is 1. The van der Waals surface area contributed by atoms with Gasteiger partial charge in [0.1, 0.15) is 12.4 Å². The molecule has 0 radical (unpaired) electrons. The minimum atomic E-state index is -3.31. The predicted molar refractivity (Wildman–Crippen MR) is 147 cm³/mol. The summed E-state index contributed by atoms with van der Waals surface area (Å²) >= 11 is 0. The third-order valence-corrected chi connectivity index (χ3v) is 7.18. The molecule has 5 rings (SSSR count). The van der Waals surface area contributed by atoms with Crippen LogP contribution in [0.1, 0.15) is 27.0 Å². The van der Waals surface area contributed by atoms with Crippen molar-refractivity contribution in [1.82, 2.24) is 4.98 Å². The van der Waals surface area contributed by atoms with Gasteiger partial charge in [0.05, 0.1) is 10.5 Å². The fourth-order valence-corrected chi connectivity index (χ4v) is 4.79. The number of aromatic carboxylic acids is 1. The van der Waals surface area contributed by atoms with Crippen LogP contribution in [0.4, 0.5) is 0 Å². The van der Waals surface area contributed by atoms with Crippen LogP contribution in [0, 0.1) is 11.8 Å². The van der Waals surface area contributed by atoms with Crippen molar-refractivity contribution in [1.29, 1.82) is 0 Å². The maximum atomic E-state index is 12.0. The summed E-state index contributed by atoms with van der Waals surface area (Å²) in [7, 11) is -3.31. The van der Waals surface area contributed by atoms with Crippen LogP contribution in [0.25, 0.3) is 22.0 Å². The van der Waals surface area contributed by atoms with E-state index in [-0.39, 0.29) is 17.1 Å². The summed E-state index contributed by atoms with van der Waals surface area (Å²) in [5.41, 5.74) is 4.74. The first kappa shape index (κ1) is 24.9. The van der Waals surface area contributed by atoms with Crippen molar-refractivity contribution in [3.8, 4) is 28.7 Å². The van der Waals surface area contributed by atoms with Crippen molar-refractivity contribution in [2.24, 2.45) is 0 Å². The molecule has 188 valence electrons. The summed E-state index contributed by atoms with van der Waals surface area (Å²) in [6, 6.07) is 26.8. The fourth-order valence-electron chi connectivity index (χ4n) is 4.13. The van der Waals surface area contributed by atoms with Crippen molar-refractivity contribution in [2.45, 2.75) is 11.5 Å². The van der Waals surface area contributed by atoms with Crippen LogP contribution in [-0.2, 0) is 16.4 Å². The quantitative estimate of drug-likeness (QED) is 0.271. The lowest BCUT2D eigenvalue weighted by Gasteiger charge is -2.10. The number of rotatable bonds is 6. The minimum Gasteiger partial charge on any atom is -0.489 e. The molecule has 0 fully saturated rings. The lowest BCUT2D eigenvalue weighted by atomic mass is 9.93. The molecule has 1 heterocycles. The monoisotopic (exact) mass is 521 g/mol. The standard InChI is InChI=1S/C31H23NO5S/c1-38(35,36)27-6-3-5-26(19-27)37-20-22-10-8-21(9-11-22)12-13-24-4-2-7-28(31(33)34)30(24)25-15-14-23-16-17-32-29(23)18-25/h2-11,14-19,32H,20H2,1H3,(H,33,34). The largest absolute Gasteiger partial charge is 0.489 e. The van der Waals surface area contributed by atoms with E-state index in [0.717, 1.165) is 33.8 Å². The van der Waals surface area contributed by atoms with E-state index in [1.165, 1.54) is 12.1 Å². The number of aromatic amines is 1. The molecule has 38 heavy (non-hydrogen) atoms. The lowest BCUT2D eigenvalue weighted by Crippen LogP contribution is -2.01. The normalized spacial score (nSPS) is 11.1. The van der Waals surface area contributed by atoms with Crippen LogP contribution in [0.3, 0.4) is 0 Å². The van der Waals surface area contributed by atoms with Crippen molar-refractivity contribution in [3.05, 3.63) is 119 Å². The van der Waals surface area contributed by atoms with Crippen LogP contribution < -0.4 is 4.74 Å². The fraction of sp³-hybridized carbons (Fsp3) is 0.0645. The average Bonchev–Trinajstić information content (AvgIpc) is 3.39. The van der Waals surface area contributed by atoms with Gasteiger partial charge in [0, 0.05) is 34.7 Å². The summed E-state index contributed by atoms with van der Waals surface area (Å²) in [4.78, 5) is 15.4. The smallest absolute Gasteiger partial charge is 0.336 e. The number of hydrogen-bond donors (Lipinski definition) is 2. The number of ether oxygens (including phenoxy) is 1. The van der Waals surface area contributed by atoms with Crippen LogP contribution >= 0.6 is 0 Å². The highest BCUT2D eigenvalue weighted by Crippen LogP contribution is 2.30. The SMILES string of the molecule is CS(=O)(=O)c1cccc(OCc2ccc(C#Cc3cccc(C(=O)O)c3-c3ccc4cc[nH]c4c3)cc2)c1. The first-order chi connectivity index (χ1) is 18.3. The zero-order valence-electron chi connectivity index (χ0n) is 20.4. The topological polar surface area (TPSA) is 96.5 Å². The van der Waals surface area contributed by atoms with Gasteiger partial charge in [-0.15, -0.1) is 0 Å². The number of aromatic nitrogens is 1. The van der Waals surface area contributed by atoms with Gasteiger partial charge in [-0.25, -0.2) is 13.2 Å². The molecule has 5 aromatic rings. The van der Waals surface area contributed by atoms with Gasteiger partial charge in [-0.2, -0.15) is 0 Å². The molecule has 1 aromatic heterocycles. The molecule has 0 unspecified atom stereocenters. The number of nitrogens with one attached hydrogen (secondary N) is 1. The third kappa shape index (κ3) is 5.46. The zero-order chi connectivity index (χ0) is 26.7. The molecular formula is C31H23NO5S. The first-order valence-electron chi connectivity index (χ1n) is 11.8. The van der Waals surface area contributed by atoms with Gasteiger partial charge < -0.3 is 14.8 Å². The summed E-state index contributed by atoms with van der Waals surface area (Å²) in [5, 5.41) is 10.9. The first-order valence-corrected chi connectivity index (χ1v) is 13.6. The molecule has 0 amide bonds. The second-order valence-corrected chi connectivity index (χ2v) is 10.8. The molecule has 0 bridgehead atoms. The molecule has 0 aliphatic carbocycles. The van der Waals surface area contributed by atoms with Gasteiger partial charge in [-0.3, -0.25) is 0 Å². The van der Waals surface area contributed by atoms with Gasteiger partial charge in [-0.05, 0) is 71.1 Å². The van der Waals surface area contributed by atoms with Crippen LogP contribution in [-0.4, -0.2) is 30.7 Å². The number of fused-ring (bicyclic) bond motifs is 1. The number of sulfone groups is 1. The summed E-state index contributed by atoms with van der Waals surface area (Å²) in [6.45, 7) is 0.271. The molecule has 0 saturated carbocycles. The molecule has 0 aliphatic heterocycles. The highest BCUT2D eigenvalue weighted by Gasteiger charge is 2.15. The Morgan fingerprint density at radius 1 is 0.921 bits per heavy atom. The molecule has 0 spiro atoms. The molecule has 0 saturated heterocycles. The van der Waals surface area contributed by atoms with E-state index in [4.69, 9.17) is 4.74 Å². The zero-order valence-corrected chi connectivity index (χ0v) is 21.2. The molecule has 0 aliphatic rings. The van der Waals surface area contributed by atoms with E-state index in [9.17, 15) is 18.3 Å². The van der Waals surface area contributed by atoms with Crippen molar-refractivity contribution < 1.29 is 23.1 Å². The Hall–Kier alpha value is -4.80. The highest BCUT2D eigenvalue weighted by molar-refractivity contribution is 7.90. The second kappa shape index (κ2) is 10.3. The van der Waals surface area contributed by atoms with E-state index in [1.807, 2.05) is 60.8 Å². The molecule has 6 nitrogen and oxygen atoms in total. The van der Waals surface area contributed by atoms with Crippen LogP contribution in [0.5, 0.6) is 5.75 Å². The summed E-state index contributed by atoms with van der Waals surface area (Å²) < 4.78 is 29.3. The number of carboxylic acid groups (broad SMARTS) is 1. The van der Waals surface area contributed by atoms with Gasteiger partial charge in [-0.1, -0.05) is 48.2 Å². The Labute approximate surface area is 220 Å². The van der Waals surface area contributed by atoms with Crippen molar-refractivity contribution in [3.63, 3.8) is 0 Å². The van der Waals surface area contributed by atoms with E-state index in [1.54, 1.807) is 24.3 Å². The Morgan fingerprint density at radius 3 is 2.47 bits per heavy atom. The minimum absolute atomic E-state index is 0.190. The van der Waals surface area contributed by atoms with E-state index in [0.29, 0.717) is 16.9 Å². The average molecular weight is 522 g/mol. The van der Waals surface area contributed by atoms with Gasteiger partial charge in [0.2, 0.25) is 0 Å². The van der Waals surface area contributed by atoms with Crippen LogP contribution in [0.15, 0.2) is 102 Å². The molecule has 2 N–H and O–H groups in total. The molecule has 4 aromatic carbocycles. The van der Waals surface area contributed by atoms with E-state index >= 15 is 0 Å². The van der Waals surface area contributed by atoms with Crippen molar-refractivity contribution >= 4 is 26.7 Å². The van der Waals surface area contributed by atoms with Gasteiger partial charge in [0.15, 0.2) is 9.84 Å². The second-order valence-electron chi connectivity index (χ2n) is 8.80. The summed E-state index contributed by atoms with van der Waals surface area (Å²) in [5.74, 6) is 5.75. The van der Waals surface area contributed by atoms with Gasteiger partial charge in [0.25, 0.3) is 0 Å². The highest BCUT2D eigenvalue weighted by atomic mass is 32.2. The maximum Gasteiger partial charge on any atom is 0.336 e. The Bertz CT molecular complexity index is 1820. The lowest BCUT2D eigenvalue weighted by molar-refractivity contribution is 0.0697. The molecule has 0 atom stereocenters. The molecular weight excluding hydrogens is 498 g/mol. The van der Waals surface area contributed by atoms with E-state index < -0.39 is 15.8 Å². The number of hydrogen-bond acceptors (Lipinski definition) is 4. The Kier molecular flexibility index (Phi) is 6.73. The van der Waals surface area contributed by atoms with Crippen LogP contribution in [0.2, 0.25) is 0 Å². The van der Waals surface area contributed by atoms with Gasteiger partial charge >= 0.3 is 5.97 Å². The van der Waals surface area contributed by atoms with Crippen molar-refractivity contribution in [2.75, 3.05) is 6.26 Å². The maximum absolute atomic E-state index is 12.0. The van der Waals surface area contributed by atoms with E-state index in [2.05, 4.69) is 16.8 Å². The number of benzene rings is 4. The Balaban J connectivity index is 1.38. The number of carbonyl (C=O) groups is 1. The predicted octanol–water partition coefficient (Wildman–Crippen LogP) is 5.92.